The van der Waals surface area contributed by atoms with Crippen LogP contribution in [0.25, 0.3) is 11.0 Å². The molecule has 1 aromatic heterocycles. The molecule has 0 unspecified atom stereocenters. The fourth-order valence-electron chi connectivity index (χ4n) is 2.63. The van der Waals surface area contributed by atoms with Gasteiger partial charge in [0.15, 0.2) is 11.5 Å². The number of nitrogens with zero attached hydrogens (tertiary/aromatic N) is 3. The van der Waals surface area contributed by atoms with Crippen LogP contribution in [0.3, 0.4) is 0 Å². The maximum atomic E-state index is 13.8. The van der Waals surface area contributed by atoms with E-state index in [1.165, 1.54) is 12.1 Å². The fourth-order valence-corrected chi connectivity index (χ4v) is 2.63. The average Bonchev–Trinajstić information content (AvgIpc) is 2.64. The highest BCUT2D eigenvalue weighted by molar-refractivity contribution is 6.07. The number of anilines is 2. The molecule has 0 saturated carbocycles. The summed E-state index contributed by atoms with van der Waals surface area (Å²) in [6.45, 7) is 5.34. The lowest BCUT2D eigenvalue weighted by Crippen LogP contribution is -2.28. The van der Waals surface area contributed by atoms with Crippen molar-refractivity contribution >= 4 is 28.4 Å². The predicted molar refractivity (Wildman–Crippen MR) is 97.5 cm³/mol. The van der Waals surface area contributed by atoms with Crippen molar-refractivity contribution < 1.29 is 9.18 Å². The molecule has 1 heterocycles. The summed E-state index contributed by atoms with van der Waals surface area (Å²) in [5, 5.41) is 2.59. The minimum absolute atomic E-state index is 0.118. The molecule has 25 heavy (non-hydrogen) atoms. The summed E-state index contributed by atoms with van der Waals surface area (Å²) in [5.74, 6) is -0.475. The van der Waals surface area contributed by atoms with Gasteiger partial charge in [0.05, 0.1) is 16.7 Å². The highest BCUT2D eigenvalue weighted by Gasteiger charge is 2.20. The molecule has 6 heteroatoms. The molecule has 5 nitrogen and oxygen atoms in total. The number of hydrogen-bond acceptors (Lipinski definition) is 4. The topological polar surface area (TPSA) is 58.1 Å². The second kappa shape index (κ2) is 7.25. The predicted octanol–water partition coefficient (Wildman–Crippen LogP) is 3.87. The van der Waals surface area contributed by atoms with E-state index in [1.807, 2.05) is 36.9 Å². The van der Waals surface area contributed by atoms with Crippen LogP contribution in [-0.4, -0.2) is 29.0 Å². The molecular weight excluding hydrogens is 319 g/mol. The Morgan fingerprint density at radius 3 is 2.24 bits per heavy atom. The Balaban J connectivity index is 2.07. The molecule has 0 aliphatic carbocycles. The maximum Gasteiger partial charge on any atom is 0.278 e. The van der Waals surface area contributed by atoms with Gasteiger partial charge in [-0.25, -0.2) is 14.4 Å². The van der Waals surface area contributed by atoms with E-state index in [0.29, 0.717) is 29.9 Å². The lowest BCUT2D eigenvalue weighted by molar-refractivity contribution is 0.102. The molecule has 1 N–H and O–H groups in total. The van der Waals surface area contributed by atoms with Gasteiger partial charge in [-0.05, 0) is 38.1 Å². The number of rotatable bonds is 5. The van der Waals surface area contributed by atoms with Gasteiger partial charge in [-0.1, -0.05) is 24.3 Å². The van der Waals surface area contributed by atoms with Gasteiger partial charge in [0.2, 0.25) is 0 Å². The van der Waals surface area contributed by atoms with Crippen LogP contribution in [0.5, 0.6) is 0 Å². The minimum Gasteiger partial charge on any atom is -0.355 e. The van der Waals surface area contributed by atoms with Crippen molar-refractivity contribution in [2.45, 2.75) is 13.8 Å². The summed E-state index contributed by atoms with van der Waals surface area (Å²) in [6.07, 6.45) is 0. The number of carbonyl (C=O) groups is 1. The van der Waals surface area contributed by atoms with Gasteiger partial charge in [0.25, 0.3) is 5.91 Å². The standard InChI is InChI=1S/C19H19FN4O/c1-3-24(4-2)18-17(21-15-11-7-8-12-16(15)22-18)19(25)23-14-10-6-5-9-13(14)20/h5-12H,3-4H2,1-2H3,(H,23,25). The van der Waals surface area contributed by atoms with E-state index >= 15 is 0 Å². The van der Waals surface area contributed by atoms with Crippen LogP contribution in [0.1, 0.15) is 24.3 Å². The molecule has 0 bridgehead atoms. The Labute approximate surface area is 145 Å². The molecule has 3 aromatic rings. The zero-order chi connectivity index (χ0) is 17.8. The van der Waals surface area contributed by atoms with E-state index in [9.17, 15) is 9.18 Å². The summed E-state index contributed by atoms with van der Waals surface area (Å²) in [4.78, 5) is 23.8. The zero-order valence-corrected chi connectivity index (χ0v) is 14.2. The van der Waals surface area contributed by atoms with E-state index in [-0.39, 0.29) is 11.4 Å². The minimum atomic E-state index is -0.492. The summed E-state index contributed by atoms with van der Waals surface area (Å²) < 4.78 is 13.8. The molecule has 0 atom stereocenters. The monoisotopic (exact) mass is 338 g/mol. The maximum absolute atomic E-state index is 13.8. The van der Waals surface area contributed by atoms with Gasteiger partial charge < -0.3 is 10.2 Å². The van der Waals surface area contributed by atoms with Crippen molar-refractivity contribution in [1.82, 2.24) is 9.97 Å². The van der Waals surface area contributed by atoms with Gasteiger partial charge in [-0.3, -0.25) is 4.79 Å². The number of carbonyl (C=O) groups excluding carboxylic acids is 1. The van der Waals surface area contributed by atoms with Crippen LogP contribution in [0.15, 0.2) is 48.5 Å². The van der Waals surface area contributed by atoms with Crippen molar-refractivity contribution in [2.24, 2.45) is 0 Å². The first-order valence-electron chi connectivity index (χ1n) is 8.21. The number of amides is 1. The third-order valence-corrected chi connectivity index (χ3v) is 3.95. The second-order valence-electron chi connectivity index (χ2n) is 5.49. The molecule has 0 aliphatic heterocycles. The van der Waals surface area contributed by atoms with Crippen LogP contribution in [0.2, 0.25) is 0 Å². The second-order valence-corrected chi connectivity index (χ2v) is 5.49. The van der Waals surface area contributed by atoms with Crippen molar-refractivity contribution in [1.29, 1.82) is 0 Å². The number of halogens is 1. The van der Waals surface area contributed by atoms with E-state index in [1.54, 1.807) is 18.2 Å². The fraction of sp³-hybridized carbons (Fsp3) is 0.211. The molecule has 0 saturated heterocycles. The van der Waals surface area contributed by atoms with Crippen LogP contribution in [0, 0.1) is 5.82 Å². The van der Waals surface area contributed by atoms with Gasteiger partial charge >= 0.3 is 0 Å². The number of aromatic nitrogens is 2. The SMILES string of the molecule is CCN(CC)c1nc2ccccc2nc1C(=O)Nc1ccccc1F. The van der Waals surface area contributed by atoms with Crippen LogP contribution >= 0.6 is 0 Å². The number of para-hydroxylation sites is 3. The Morgan fingerprint density at radius 2 is 1.60 bits per heavy atom. The number of benzene rings is 2. The Morgan fingerprint density at radius 1 is 1.00 bits per heavy atom. The summed E-state index contributed by atoms with van der Waals surface area (Å²) in [7, 11) is 0. The lowest BCUT2D eigenvalue weighted by atomic mass is 10.2. The third kappa shape index (κ3) is 3.42. The highest BCUT2D eigenvalue weighted by atomic mass is 19.1. The Hall–Kier alpha value is -3.02. The van der Waals surface area contributed by atoms with Crippen molar-refractivity contribution in [3.63, 3.8) is 0 Å². The van der Waals surface area contributed by atoms with Crippen molar-refractivity contribution in [2.75, 3.05) is 23.3 Å². The van der Waals surface area contributed by atoms with Crippen LogP contribution < -0.4 is 10.2 Å². The van der Waals surface area contributed by atoms with E-state index in [2.05, 4.69) is 15.3 Å². The van der Waals surface area contributed by atoms with Gasteiger partial charge in [0.1, 0.15) is 5.82 Å². The normalized spacial score (nSPS) is 10.7. The highest BCUT2D eigenvalue weighted by Crippen LogP contribution is 2.22. The largest absolute Gasteiger partial charge is 0.355 e. The lowest BCUT2D eigenvalue weighted by Gasteiger charge is -2.22. The van der Waals surface area contributed by atoms with E-state index in [0.717, 1.165) is 0 Å². The summed E-state index contributed by atoms with van der Waals surface area (Å²) in [5.41, 5.74) is 1.64. The van der Waals surface area contributed by atoms with Gasteiger partial charge in [-0.15, -0.1) is 0 Å². The smallest absolute Gasteiger partial charge is 0.278 e. The summed E-state index contributed by atoms with van der Waals surface area (Å²) >= 11 is 0. The van der Waals surface area contributed by atoms with Gasteiger partial charge in [0, 0.05) is 13.1 Å². The number of hydrogen-bond donors (Lipinski definition) is 1. The molecule has 0 radical (unpaired) electrons. The molecule has 128 valence electrons. The van der Waals surface area contributed by atoms with Crippen LogP contribution in [-0.2, 0) is 0 Å². The molecular formula is C19H19FN4O. The molecule has 1 amide bonds. The molecule has 0 spiro atoms. The van der Waals surface area contributed by atoms with Gasteiger partial charge in [-0.2, -0.15) is 0 Å². The average molecular weight is 338 g/mol. The first-order valence-corrected chi connectivity index (χ1v) is 8.21. The first kappa shape index (κ1) is 16.8. The Bertz CT molecular complexity index is 909. The first-order chi connectivity index (χ1) is 12.1. The molecule has 3 rings (SSSR count). The number of nitrogens with one attached hydrogen (secondary N) is 1. The Kier molecular flexibility index (Phi) is 4.88. The molecule has 2 aromatic carbocycles. The molecule has 0 fully saturated rings. The molecule has 0 aliphatic rings. The van der Waals surface area contributed by atoms with Crippen molar-refractivity contribution in [3.8, 4) is 0 Å². The van der Waals surface area contributed by atoms with E-state index < -0.39 is 11.7 Å². The third-order valence-electron chi connectivity index (χ3n) is 3.95. The number of fused-ring (bicyclic) bond motifs is 1. The zero-order valence-electron chi connectivity index (χ0n) is 14.2. The quantitative estimate of drug-likeness (QED) is 0.767. The van der Waals surface area contributed by atoms with Crippen LogP contribution in [0.4, 0.5) is 15.9 Å². The van der Waals surface area contributed by atoms with Crippen molar-refractivity contribution in [3.05, 3.63) is 60.0 Å². The van der Waals surface area contributed by atoms with E-state index in [4.69, 9.17) is 0 Å². The summed E-state index contributed by atoms with van der Waals surface area (Å²) in [6, 6.07) is 13.4.